The molecule has 0 fully saturated rings. The van der Waals surface area contributed by atoms with Crippen LogP contribution < -0.4 is 4.74 Å². The molecule has 0 spiro atoms. The molecule has 31 heavy (non-hydrogen) atoms. The topological polar surface area (TPSA) is 79.5 Å². The Labute approximate surface area is 175 Å². The van der Waals surface area contributed by atoms with Gasteiger partial charge in [-0.25, -0.2) is 9.67 Å². The smallest absolute Gasteiger partial charge is 0.403 e. The lowest BCUT2D eigenvalue weighted by Crippen LogP contribution is -2.18. The number of ether oxygens (including phenoxy) is 1. The molecule has 0 aliphatic carbocycles. The number of hydrogen-bond acceptors (Lipinski definition) is 4. The van der Waals surface area contributed by atoms with Crippen LogP contribution in [0.5, 0.6) is 5.75 Å². The average molecular weight is 423 g/mol. The number of H-pyrrole nitrogens is 1. The Morgan fingerprint density at radius 1 is 1.13 bits per heavy atom. The lowest BCUT2D eigenvalue weighted by molar-refractivity contribution is -0.274. The zero-order valence-corrected chi connectivity index (χ0v) is 16.5. The monoisotopic (exact) mass is 423 g/mol. The molecule has 0 amide bonds. The summed E-state index contributed by atoms with van der Waals surface area (Å²) in [5.74, 6) is 0.0324. The molecule has 6 nitrogen and oxygen atoms in total. The molecule has 0 atom stereocenters. The Morgan fingerprint density at radius 2 is 1.84 bits per heavy atom. The van der Waals surface area contributed by atoms with Crippen molar-refractivity contribution in [1.29, 1.82) is 5.26 Å². The van der Waals surface area contributed by atoms with Gasteiger partial charge >= 0.3 is 6.36 Å². The van der Waals surface area contributed by atoms with Crippen molar-refractivity contribution < 1.29 is 17.9 Å². The van der Waals surface area contributed by atoms with Crippen LogP contribution in [0.3, 0.4) is 0 Å². The number of halogens is 3. The molecule has 0 unspecified atom stereocenters. The highest BCUT2D eigenvalue weighted by Gasteiger charge is 2.32. The highest BCUT2D eigenvalue weighted by Crippen LogP contribution is 2.31. The first-order valence-corrected chi connectivity index (χ1v) is 9.25. The number of allylic oxidation sites excluding steroid dienone is 1. The minimum absolute atomic E-state index is 0.141. The Bertz CT molecular complexity index is 1310. The second-order valence-corrected chi connectivity index (χ2v) is 6.78. The van der Waals surface area contributed by atoms with E-state index in [1.807, 2.05) is 24.3 Å². The first-order chi connectivity index (χ1) is 14.8. The molecule has 2 heterocycles. The summed E-state index contributed by atoms with van der Waals surface area (Å²) in [5.41, 5.74) is 3.65. The van der Waals surface area contributed by atoms with Crippen molar-refractivity contribution in [3.05, 3.63) is 71.3 Å². The van der Waals surface area contributed by atoms with Gasteiger partial charge in [0.25, 0.3) is 0 Å². The van der Waals surface area contributed by atoms with Crippen molar-refractivity contribution in [1.82, 2.24) is 19.7 Å². The van der Waals surface area contributed by atoms with Gasteiger partial charge in [0.1, 0.15) is 17.6 Å². The van der Waals surface area contributed by atoms with Crippen molar-refractivity contribution in [3.63, 3.8) is 0 Å². The van der Waals surface area contributed by atoms with Crippen molar-refractivity contribution in [2.45, 2.75) is 20.2 Å². The van der Waals surface area contributed by atoms with Crippen LogP contribution in [0.2, 0.25) is 0 Å². The molecule has 2 aromatic heterocycles. The summed E-state index contributed by atoms with van der Waals surface area (Å²) < 4.78 is 43.9. The van der Waals surface area contributed by atoms with Gasteiger partial charge in [0.15, 0.2) is 5.75 Å². The van der Waals surface area contributed by atoms with E-state index in [4.69, 9.17) is 0 Å². The van der Waals surface area contributed by atoms with E-state index in [0.717, 1.165) is 11.0 Å². The fourth-order valence-electron chi connectivity index (χ4n) is 3.32. The van der Waals surface area contributed by atoms with E-state index in [-0.39, 0.29) is 17.0 Å². The normalized spacial score (nSPS) is 12.2. The Balaban J connectivity index is 1.80. The van der Waals surface area contributed by atoms with Crippen LogP contribution in [-0.2, 0) is 0 Å². The maximum Gasteiger partial charge on any atom is 0.573 e. The van der Waals surface area contributed by atoms with Gasteiger partial charge in [-0.1, -0.05) is 24.3 Å². The van der Waals surface area contributed by atoms with Gasteiger partial charge in [0.05, 0.1) is 22.3 Å². The standard InChI is InChI=1S/C22H16F3N5O/c1-13-16(11-15(12-26)21-27-17-7-3-4-8-18(17)28-21)14(2)30(29-13)19-9-5-6-10-20(19)31-22(23,24)25/h3-11H,1-2H3,(H,27,28)/b15-11+. The van der Waals surface area contributed by atoms with E-state index >= 15 is 0 Å². The molecule has 1 N–H and O–H groups in total. The van der Waals surface area contributed by atoms with Gasteiger partial charge in [-0.2, -0.15) is 10.4 Å². The molecule has 4 rings (SSSR count). The molecule has 0 aliphatic rings. The number of benzene rings is 2. The average Bonchev–Trinajstić information content (AvgIpc) is 3.26. The van der Waals surface area contributed by atoms with Gasteiger partial charge in [0.2, 0.25) is 0 Å². The molecule has 2 aromatic carbocycles. The van der Waals surface area contributed by atoms with Gasteiger partial charge in [-0.15, -0.1) is 13.2 Å². The number of nitriles is 1. The van der Waals surface area contributed by atoms with Gasteiger partial charge in [-0.05, 0) is 44.2 Å². The molecular formula is C22H16F3N5O. The maximum absolute atomic E-state index is 12.8. The van der Waals surface area contributed by atoms with Crippen molar-refractivity contribution in [3.8, 4) is 17.5 Å². The van der Waals surface area contributed by atoms with Gasteiger partial charge in [0, 0.05) is 11.3 Å². The number of aromatic nitrogens is 4. The van der Waals surface area contributed by atoms with Crippen LogP contribution in [0.25, 0.3) is 28.4 Å². The SMILES string of the molecule is Cc1nn(-c2ccccc2OC(F)(F)F)c(C)c1/C=C(\C#N)c1nc2ccccc2[nH]1. The second-order valence-electron chi connectivity index (χ2n) is 6.78. The third kappa shape index (κ3) is 4.00. The van der Waals surface area contributed by atoms with E-state index in [9.17, 15) is 18.4 Å². The van der Waals surface area contributed by atoms with E-state index in [0.29, 0.717) is 22.8 Å². The predicted molar refractivity (Wildman–Crippen MR) is 109 cm³/mol. The minimum Gasteiger partial charge on any atom is -0.403 e. The van der Waals surface area contributed by atoms with Crippen LogP contribution in [0.1, 0.15) is 22.8 Å². The second kappa shape index (κ2) is 7.65. The summed E-state index contributed by atoms with van der Waals surface area (Å²) in [4.78, 5) is 7.55. The van der Waals surface area contributed by atoms with E-state index in [1.54, 1.807) is 26.0 Å². The summed E-state index contributed by atoms with van der Waals surface area (Å²) in [6.45, 7) is 3.43. The number of fused-ring (bicyclic) bond motifs is 1. The van der Waals surface area contributed by atoms with Crippen LogP contribution >= 0.6 is 0 Å². The quantitative estimate of drug-likeness (QED) is 0.450. The molecule has 156 valence electrons. The fraction of sp³-hybridized carbons (Fsp3) is 0.136. The van der Waals surface area contributed by atoms with Crippen LogP contribution in [0, 0.1) is 25.2 Å². The molecule has 0 aliphatic heterocycles. The van der Waals surface area contributed by atoms with Crippen molar-refractivity contribution in [2.75, 3.05) is 0 Å². The lowest BCUT2D eigenvalue weighted by Gasteiger charge is -2.14. The molecular weight excluding hydrogens is 407 g/mol. The summed E-state index contributed by atoms with van der Waals surface area (Å²) in [7, 11) is 0. The van der Waals surface area contributed by atoms with Crippen LogP contribution in [0.15, 0.2) is 48.5 Å². The summed E-state index contributed by atoms with van der Waals surface area (Å²) in [6, 6.07) is 15.3. The minimum atomic E-state index is -4.83. The fourth-order valence-corrected chi connectivity index (χ4v) is 3.32. The zero-order chi connectivity index (χ0) is 22.2. The lowest BCUT2D eigenvalue weighted by atomic mass is 10.1. The summed E-state index contributed by atoms with van der Waals surface area (Å²) >= 11 is 0. The molecule has 9 heteroatoms. The number of para-hydroxylation sites is 4. The van der Waals surface area contributed by atoms with Crippen molar-refractivity contribution in [2.24, 2.45) is 0 Å². The highest BCUT2D eigenvalue weighted by atomic mass is 19.4. The first kappa shape index (κ1) is 20.2. The molecule has 0 radical (unpaired) electrons. The van der Waals surface area contributed by atoms with Gasteiger partial charge in [-0.3, -0.25) is 0 Å². The number of aryl methyl sites for hydroxylation is 1. The third-order valence-corrected chi connectivity index (χ3v) is 4.72. The molecule has 0 saturated heterocycles. The van der Waals surface area contributed by atoms with Crippen LogP contribution in [0.4, 0.5) is 13.2 Å². The van der Waals surface area contributed by atoms with Crippen LogP contribution in [-0.4, -0.2) is 26.1 Å². The molecule has 0 saturated carbocycles. The van der Waals surface area contributed by atoms with Crippen molar-refractivity contribution >= 4 is 22.7 Å². The maximum atomic E-state index is 12.8. The number of imidazole rings is 1. The number of nitrogens with one attached hydrogen (secondary N) is 1. The first-order valence-electron chi connectivity index (χ1n) is 9.25. The zero-order valence-electron chi connectivity index (χ0n) is 16.5. The van der Waals surface area contributed by atoms with Gasteiger partial charge < -0.3 is 9.72 Å². The number of aromatic amines is 1. The Hall–Kier alpha value is -4.06. The number of nitrogens with zero attached hydrogens (tertiary/aromatic N) is 4. The number of rotatable bonds is 4. The summed E-state index contributed by atoms with van der Waals surface area (Å²) in [6.07, 6.45) is -3.21. The third-order valence-electron chi connectivity index (χ3n) is 4.72. The molecule has 4 aromatic rings. The Morgan fingerprint density at radius 3 is 2.55 bits per heavy atom. The molecule has 0 bridgehead atoms. The largest absolute Gasteiger partial charge is 0.573 e. The van der Waals surface area contributed by atoms with E-state index in [2.05, 4.69) is 25.9 Å². The Kier molecular flexibility index (Phi) is 4.99. The number of hydrogen-bond donors (Lipinski definition) is 1. The number of alkyl halides is 3. The summed E-state index contributed by atoms with van der Waals surface area (Å²) in [5, 5.41) is 14.1. The highest BCUT2D eigenvalue weighted by molar-refractivity contribution is 5.91. The van der Waals surface area contributed by atoms with E-state index < -0.39 is 6.36 Å². The predicted octanol–water partition coefficient (Wildman–Crippen LogP) is 5.33. The van der Waals surface area contributed by atoms with E-state index in [1.165, 1.54) is 22.9 Å².